The molecule has 2 atom stereocenters. The molecule has 6 nitrogen and oxygen atoms in total. The molecule has 0 aromatic carbocycles. The number of nitrogens with zero attached hydrogens (tertiary/aromatic N) is 3. The van der Waals surface area contributed by atoms with Gasteiger partial charge in [0.2, 0.25) is 0 Å². The molecule has 3 aromatic heterocycles. The second-order valence-electron chi connectivity index (χ2n) is 5.77. The zero-order valence-electron chi connectivity index (χ0n) is 13.2. The van der Waals surface area contributed by atoms with Crippen molar-refractivity contribution in [1.29, 1.82) is 0 Å². The van der Waals surface area contributed by atoms with E-state index in [-0.39, 0.29) is 6.04 Å². The summed E-state index contributed by atoms with van der Waals surface area (Å²) in [4.78, 5) is 9.01. The van der Waals surface area contributed by atoms with Gasteiger partial charge >= 0.3 is 0 Å². The number of fused-ring (bicyclic) bond motifs is 1. The van der Waals surface area contributed by atoms with E-state index in [1.165, 1.54) is 0 Å². The summed E-state index contributed by atoms with van der Waals surface area (Å²) >= 11 is 0. The van der Waals surface area contributed by atoms with Crippen LogP contribution >= 0.6 is 0 Å². The summed E-state index contributed by atoms with van der Waals surface area (Å²) in [6.45, 7) is 0.981. The molecule has 1 saturated heterocycles. The van der Waals surface area contributed by atoms with Gasteiger partial charge in [-0.15, -0.1) is 0 Å². The topological polar surface area (TPSA) is 63.5 Å². The van der Waals surface area contributed by atoms with Gasteiger partial charge < -0.3 is 15.4 Å². The molecule has 0 unspecified atom stereocenters. The fourth-order valence-corrected chi connectivity index (χ4v) is 2.91. The molecule has 0 amide bonds. The zero-order chi connectivity index (χ0) is 16.5. The molecule has 1 aliphatic rings. The lowest BCUT2D eigenvalue weighted by atomic mass is 10.2. The number of ether oxygens (including phenoxy) is 1. The Morgan fingerprint density at radius 3 is 3.04 bits per heavy atom. The molecule has 2 N–H and O–H groups in total. The van der Waals surface area contributed by atoms with E-state index >= 15 is 0 Å². The molecule has 0 aliphatic carbocycles. The van der Waals surface area contributed by atoms with Gasteiger partial charge in [0.15, 0.2) is 0 Å². The van der Waals surface area contributed by atoms with Gasteiger partial charge in [0.25, 0.3) is 0 Å². The summed E-state index contributed by atoms with van der Waals surface area (Å²) in [6, 6.07) is 9.16. The van der Waals surface area contributed by atoms with Gasteiger partial charge in [-0.2, -0.15) is 0 Å². The number of imidazole rings is 1. The molecule has 1 aliphatic heterocycles. The number of rotatable bonds is 4. The molecule has 4 rings (SSSR count). The number of alkyl halides is 1. The van der Waals surface area contributed by atoms with E-state index in [0.717, 1.165) is 22.8 Å². The number of methoxy groups -OCH3 is 1. The summed E-state index contributed by atoms with van der Waals surface area (Å²) in [7, 11) is 1.63. The van der Waals surface area contributed by atoms with Crippen molar-refractivity contribution in [3.63, 3.8) is 0 Å². The Morgan fingerprint density at radius 2 is 2.25 bits per heavy atom. The second kappa shape index (κ2) is 6.09. The van der Waals surface area contributed by atoms with E-state index < -0.39 is 6.17 Å². The van der Waals surface area contributed by atoms with E-state index in [0.29, 0.717) is 18.9 Å². The van der Waals surface area contributed by atoms with Gasteiger partial charge in [0, 0.05) is 25.4 Å². The molecule has 4 heterocycles. The summed E-state index contributed by atoms with van der Waals surface area (Å²) in [5.41, 5.74) is 2.44. The normalized spacial score (nSPS) is 20.4. The van der Waals surface area contributed by atoms with Crippen LogP contribution in [0.1, 0.15) is 0 Å². The molecule has 0 radical (unpaired) electrons. The van der Waals surface area contributed by atoms with Crippen molar-refractivity contribution in [2.45, 2.75) is 12.2 Å². The molecule has 0 bridgehead atoms. The standard InChI is InChI=1S/C17H18FN5O/c1-24-11-5-6-23-15(10-20-17(23)7-11)13-3-2-4-16(21-13)22-14-9-19-8-12(14)18/h2-7,10,12,14,19H,8-9H2,1H3,(H,21,22)/t12-,14-/m0/s1. The van der Waals surface area contributed by atoms with Gasteiger partial charge in [-0.3, -0.25) is 4.40 Å². The molecule has 0 spiro atoms. The van der Waals surface area contributed by atoms with Gasteiger partial charge in [0.05, 0.1) is 30.7 Å². The summed E-state index contributed by atoms with van der Waals surface area (Å²) in [6.07, 6.45) is 2.77. The van der Waals surface area contributed by atoms with Crippen LogP contribution in [0.2, 0.25) is 0 Å². The minimum atomic E-state index is -0.904. The van der Waals surface area contributed by atoms with Crippen molar-refractivity contribution >= 4 is 11.5 Å². The minimum Gasteiger partial charge on any atom is -0.497 e. The Morgan fingerprint density at radius 1 is 1.33 bits per heavy atom. The van der Waals surface area contributed by atoms with Crippen LogP contribution in [0.4, 0.5) is 10.2 Å². The van der Waals surface area contributed by atoms with E-state index in [1.807, 2.05) is 40.9 Å². The van der Waals surface area contributed by atoms with Crippen molar-refractivity contribution in [2.24, 2.45) is 0 Å². The number of nitrogens with one attached hydrogen (secondary N) is 2. The average Bonchev–Trinajstić information content (AvgIpc) is 3.21. The van der Waals surface area contributed by atoms with Gasteiger partial charge in [-0.05, 0) is 18.2 Å². The lowest BCUT2D eigenvalue weighted by Gasteiger charge is -2.15. The third-order valence-corrected chi connectivity index (χ3v) is 4.21. The third-order valence-electron chi connectivity index (χ3n) is 4.21. The first-order chi connectivity index (χ1) is 11.7. The first kappa shape index (κ1) is 14.9. The highest BCUT2D eigenvalue weighted by Gasteiger charge is 2.26. The second-order valence-corrected chi connectivity index (χ2v) is 5.77. The highest BCUT2D eigenvalue weighted by Crippen LogP contribution is 2.23. The molecule has 0 saturated carbocycles. The highest BCUT2D eigenvalue weighted by molar-refractivity contribution is 5.62. The molecule has 7 heteroatoms. The highest BCUT2D eigenvalue weighted by atomic mass is 19.1. The summed E-state index contributed by atoms with van der Waals surface area (Å²) in [5.74, 6) is 1.41. The first-order valence-corrected chi connectivity index (χ1v) is 7.84. The number of hydrogen-bond acceptors (Lipinski definition) is 5. The monoisotopic (exact) mass is 327 g/mol. The summed E-state index contributed by atoms with van der Waals surface area (Å²) < 4.78 is 20.9. The largest absolute Gasteiger partial charge is 0.497 e. The predicted molar refractivity (Wildman–Crippen MR) is 90.2 cm³/mol. The van der Waals surface area contributed by atoms with Crippen LogP contribution in [0.25, 0.3) is 17.0 Å². The summed E-state index contributed by atoms with van der Waals surface area (Å²) in [5, 5.41) is 6.19. The van der Waals surface area contributed by atoms with Crippen molar-refractivity contribution < 1.29 is 9.13 Å². The predicted octanol–water partition coefficient (Wildman–Crippen LogP) is 2.13. The van der Waals surface area contributed by atoms with Gasteiger partial charge in [0.1, 0.15) is 23.4 Å². The Hall–Kier alpha value is -2.67. The number of aromatic nitrogens is 3. The quantitative estimate of drug-likeness (QED) is 0.769. The van der Waals surface area contributed by atoms with Crippen molar-refractivity contribution in [2.75, 3.05) is 25.5 Å². The molecule has 1 fully saturated rings. The number of halogens is 1. The van der Waals surface area contributed by atoms with Crippen LogP contribution in [0.5, 0.6) is 5.75 Å². The van der Waals surface area contributed by atoms with Gasteiger partial charge in [-0.25, -0.2) is 14.4 Å². The Bertz CT molecular complexity index is 865. The molecule has 3 aromatic rings. The molecular formula is C17H18FN5O. The van der Waals surface area contributed by atoms with Crippen LogP contribution in [0.3, 0.4) is 0 Å². The van der Waals surface area contributed by atoms with Crippen molar-refractivity contribution in [3.05, 3.63) is 42.7 Å². The van der Waals surface area contributed by atoms with Crippen LogP contribution in [0, 0.1) is 0 Å². The Balaban J connectivity index is 1.66. The van der Waals surface area contributed by atoms with E-state index in [9.17, 15) is 4.39 Å². The number of hydrogen-bond donors (Lipinski definition) is 2. The SMILES string of the molecule is COc1ccn2c(-c3cccc(N[C@H]4CNC[C@@H]4F)n3)cnc2c1. The average molecular weight is 327 g/mol. The van der Waals surface area contributed by atoms with E-state index in [4.69, 9.17) is 4.74 Å². The van der Waals surface area contributed by atoms with Crippen LogP contribution in [0.15, 0.2) is 42.7 Å². The number of pyridine rings is 2. The fourth-order valence-electron chi connectivity index (χ4n) is 2.91. The minimum absolute atomic E-state index is 0.251. The third kappa shape index (κ3) is 2.67. The van der Waals surface area contributed by atoms with Gasteiger partial charge in [-0.1, -0.05) is 6.07 Å². The van der Waals surface area contributed by atoms with E-state index in [1.54, 1.807) is 13.3 Å². The van der Waals surface area contributed by atoms with Crippen molar-refractivity contribution in [3.8, 4) is 17.1 Å². The lowest BCUT2D eigenvalue weighted by molar-refractivity contribution is 0.342. The molecule has 124 valence electrons. The lowest BCUT2D eigenvalue weighted by Crippen LogP contribution is -2.29. The zero-order valence-corrected chi connectivity index (χ0v) is 13.2. The van der Waals surface area contributed by atoms with Crippen LogP contribution in [-0.2, 0) is 0 Å². The maximum atomic E-state index is 13.7. The smallest absolute Gasteiger partial charge is 0.140 e. The molecular weight excluding hydrogens is 309 g/mol. The fraction of sp³-hybridized carbons (Fsp3) is 0.294. The Labute approximate surface area is 138 Å². The first-order valence-electron chi connectivity index (χ1n) is 7.84. The number of anilines is 1. The van der Waals surface area contributed by atoms with E-state index in [2.05, 4.69) is 20.6 Å². The maximum Gasteiger partial charge on any atom is 0.140 e. The molecule has 24 heavy (non-hydrogen) atoms. The Kier molecular flexibility index (Phi) is 3.78. The van der Waals surface area contributed by atoms with Crippen molar-refractivity contribution in [1.82, 2.24) is 19.7 Å². The van der Waals surface area contributed by atoms with Crippen LogP contribution in [-0.4, -0.2) is 46.8 Å². The maximum absolute atomic E-state index is 13.7. The van der Waals surface area contributed by atoms with Crippen LogP contribution < -0.4 is 15.4 Å².